The van der Waals surface area contributed by atoms with Gasteiger partial charge in [0.1, 0.15) is 0 Å². The molecule has 0 aromatic rings. The van der Waals surface area contributed by atoms with Crippen molar-refractivity contribution in [3.05, 3.63) is 12.2 Å². The van der Waals surface area contributed by atoms with E-state index in [-0.39, 0.29) is 0 Å². The second kappa shape index (κ2) is 7.11. The zero-order valence-corrected chi connectivity index (χ0v) is 10.6. The number of hydrogen-bond acceptors (Lipinski definition) is 1. The summed E-state index contributed by atoms with van der Waals surface area (Å²) < 4.78 is 0. The Balaban J connectivity index is 1.57. The molecule has 2 aliphatic rings. The average Bonchev–Trinajstić information content (AvgIpc) is 2.59. The molecule has 0 amide bonds. The van der Waals surface area contributed by atoms with Crippen molar-refractivity contribution in [1.29, 1.82) is 0 Å². The van der Waals surface area contributed by atoms with Crippen molar-refractivity contribution in [2.45, 2.75) is 57.8 Å². The van der Waals surface area contributed by atoms with E-state index in [9.17, 15) is 0 Å². The quantitative estimate of drug-likeness (QED) is 0.561. The first kappa shape index (κ1) is 12.2. The van der Waals surface area contributed by atoms with Crippen LogP contribution in [0.3, 0.4) is 0 Å². The van der Waals surface area contributed by atoms with Gasteiger partial charge in [-0.15, -0.1) is 0 Å². The van der Waals surface area contributed by atoms with Crippen LogP contribution >= 0.6 is 0 Å². The van der Waals surface area contributed by atoms with Crippen molar-refractivity contribution in [3.63, 3.8) is 0 Å². The van der Waals surface area contributed by atoms with E-state index in [2.05, 4.69) is 17.5 Å². The molecule has 1 fully saturated rings. The molecule has 0 heterocycles. The predicted molar refractivity (Wildman–Crippen MR) is 70.5 cm³/mol. The lowest BCUT2D eigenvalue weighted by Crippen LogP contribution is -2.28. The number of allylic oxidation sites excluding steroid dienone is 2. The predicted octanol–water partition coefficient (Wildman–Crippen LogP) is 3.90. The van der Waals surface area contributed by atoms with Crippen LogP contribution in [0.15, 0.2) is 12.2 Å². The zero-order chi connectivity index (χ0) is 11.1. The number of rotatable bonds is 4. The molecule has 92 valence electrons. The highest BCUT2D eigenvalue weighted by Gasteiger charge is 2.13. The van der Waals surface area contributed by atoms with Crippen LogP contribution in [0.4, 0.5) is 0 Å². The minimum absolute atomic E-state index is 0.913. The van der Waals surface area contributed by atoms with Gasteiger partial charge in [-0.2, -0.15) is 0 Å². The topological polar surface area (TPSA) is 12.0 Å². The molecule has 1 heteroatoms. The Kier molecular flexibility index (Phi) is 5.41. The van der Waals surface area contributed by atoms with Gasteiger partial charge in [-0.1, -0.05) is 37.8 Å². The van der Waals surface area contributed by atoms with E-state index in [1.54, 1.807) is 0 Å². The van der Waals surface area contributed by atoms with Crippen LogP contribution in [0.25, 0.3) is 0 Å². The smallest absolute Gasteiger partial charge is 0.00173 e. The molecule has 0 saturated heterocycles. The fourth-order valence-electron chi connectivity index (χ4n) is 3.10. The van der Waals surface area contributed by atoms with E-state index in [1.807, 2.05) is 0 Å². The van der Waals surface area contributed by atoms with E-state index in [1.165, 1.54) is 70.9 Å². The largest absolute Gasteiger partial charge is 0.316 e. The minimum atomic E-state index is 0.913. The van der Waals surface area contributed by atoms with Gasteiger partial charge in [-0.3, -0.25) is 0 Å². The van der Waals surface area contributed by atoms with Gasteiger partial charge in [0.15, 0.2) is 0 Å². The van der Waals surface area contributed by atoms with E-state index in [0.717, 1.165) is 11.8 Å². The highest BCUT2D eigenvalue weighted by atomic mass is 14.9. The second-order valence-electron chi connectivity index (χ2n) is 5.67. The Morgan fingerprint density at radius 2 is 1.56 bits per heavy atom. The molecule has 1 saturated carbocycles. The first-order valence-electron chi connectivity index (χ1n) is 7.31. The summed E-state index contributed by atoms with van der Waals surface area (Å²) in [6.07, 6.45) is 17.5. The third-order valence-corrected chi connectivity index (χ3v) is 4.22. The maximum absolute atomic E-state index is 3.72. The Hall–Kier alpha value is -0.300. The lowest BCUT2D eigenvalue weighted by Gasteiger charge is -2.20. The molecular formula is C15H27N. The third-order valence-electron chi connectivity index (χ3n) is 4.22. The average molecular weight is 221 g/mol. The monoisotopic (exact) mass is 221 g/mol. The van der Waals surface area contributed by atoms with Crippen LogP contribution < -0.4 is 5.32 Å². The van der Waals surface area contributed by atoms with E-state index in [0.29, 0.717) is 0 Å². The fraction of sp³-hybridized carbons (Fsp3) is 0.867. The summed E-state index contributed by atoms with van der Waals surface area (Å²) >= 11 is 0. The molecule has 2 rings (SSSR count). The molecule has 0 spiro atoms. The second-order valence-corrected chi connectivity index (χ2v) is 5.67. The van der Waals surface area contributed by atoms with Crippen molar-refractivity contribution in [2.24, 2.45) is 11.8 Å². The van der Waals surface area contributed by atoms with Crippen LogP contribution in [0.5, 0.6) is 0 Å². The molecule has 16 heavy (non-hydrogen) atoms. The van der Waals surface area contributed by atoms with E-state index < -0.39 is 0 Å². The fourth-order valence-corrected chi connectivity index (χ4v) is 3.10. The molecule has 1 unspecified atom stereocenters. The molecular weight excluding hydrogens is 194 g/mol. The molecule has 0 aromatic carbocycles. The molecule has 0 aromatic heterocycles. The summed E-state index contributed by atoms with van der Waals surface area (Å²) in [6, 6.07) is 0. The number of nitrogens with one attached hydrogen (secondary N) is 1. The summed E-state index contributed by atoms with van der Waals surface area (Å²) in [4.78, 5) is 0. The molecule has 1 N–H and O–H groups in total. The number of hydrogen-bond donors (Lipinski definition) is 1. The highest BCUT2D eigenvalue weighted by molar-refractivity contribution is 4.90. The molecule has 2 aliphatic carbocycles. The Labute approximate surface area is 101 Å². The SMILES string of the molecule is C1=CCC(CNCC2CCCCCC2)CC1. The Bertz CT molecular complexity index is 201. The molecule has 0 bridgehead atoms. The maximum Gasteiger partial charge on any atom is -0.00173 e. The molecule has 1 nitrogen and oxygen atoms in total. The van der Waals surface area contributed by atoms with Crippen molar-refractivity contribution >= 4 is 0 Å². The molecule has 1 atom stereocenters. The van der Waals surface area contributed by atoms with Crippen molar-refractivity contribution in [2.75, 3.05) is 13.1 Å². The summed E-state index contributed by atoms with van der Waals surface area (Å²) in [5.74, 6) is 1.89. The van der Waals surface area contributed by atoms with Crippen molar-refractivity contribution in [3.8, 4) is 0 Å². The van der Waals surface area contributed by atoms with Gasteiger partial charge in [0.05, 0.1) is 0 Å². The highest BCUT2D eigenvalue weighted by Crippen LogP contribution is 2.22. The first-order chi connectivity index (χ1) is 7.95. The van der Waals surface area contributed by atoms with Gasteiger partial charge in [0.2, 0.25) is 0 Å². The van der Waals surface area contributed by atoms with Gasteiger partial charge in [0, 0.05) is 0 Å². The van der Waals surface area contributed by atoms with Crippen molar-refractivity contribution < 1.29 is 0 Å². The minimum Gasteiger partial charge on any atom is -0.316 e. The van der Waals surface area contributed by atoms with Gasteiger partial charge >= 0.3 is 0 Å². The normalized spacial score (nSPS) is 27.9. The van der Waals surface area contributed by atoms with Crippen LogP contribution in [0, 0.1) is 11.8 Å². The zero-order valence-electron chi connectivity index (χ0n) is 10.6. The van der Waals surface area contributed by atoms with Crippen LogP contribution in [0.1, 0.15) is 57.8 Å². The summed E-state index contributed by atoms with van der Waals surface area (Å²) in [7, 11) is 0. The van der Waals surface area contributed by atoms with Crippen LogP contribution in [0.2, 0.25) is 0 Å². The summed E-state index contributed by atoms with van der Waals surface area (Å²) in [6.45, 7) is 2.53. The Morgan fingerprint density at radius 3 is 2.25 bits per heavy atom. The molecule has 0 aliphatic heterocycles. The maximum atomic E-state index is 3.72. The molecule has 0 radical (unpaired) electrons. The van der Waals surface area contributed by atoms with Gasteiger partial charge < -0.3 is 5.32 Å². The lowest BCUT2D eigenvalue weighted by atomic mass is 9.94. The van der Waals surface area contributed by atoms with E-state index in [4.69, 9.17) is 0 Å². The van der Waals surface area contributed by atoms with Gasteiger partial charge in [0.25, 0.3) is 0 Å². The first-order valence-corrected chi connectivity index (χ1v) is 7.31. The summed E-state index contributed by atoms with van der Waals surface area (Å²) in [5, 5.41) is 3.72. The van der Waals surface area contributed by atoms with E-state index >= 15 is 0 Å². The van der Waals surface area contributed by atoms with Gasteiger partial charge in [-0.05, 0) is 57.0 Å². The van der Waals surface area contributed by atoms with Crippen molar-refractivity contribution in [1.82, 2.24) is 5.32 Å². The summed E-state index contributed by atoms with van der Waals surface area (Å²) in [5.41, 5.74) is 0. The standard InChI is InChI=1S/C15H27N/c1-2-5-9-14(8-4-1)12-16-13-15-10-6-3-7-11-15/h3,6,14-16H,1-2,4-5,7-13H2. The lowest BCUT2D eigenvalue weighted by molar-refractivity contribution is 0.382. The van der Waals surface area contributed by atoms with Gasteiger partial charge in [-0.25, -0.2) is 0 Å². The van der Waals surface area contributed by atoms with Crippen LogP contribution in [-0.4, -0.2) is 13.1 Å². The Morgan fingerprint density at radius 1 is 0.812 bits per heavy atom. The van der Waals surface area contributed by atoms with Crippen LogP contribution in [-0.2, 0) is 0 Å². The third kappa shape index (κ3) is 4.29.